The number of carbonyl (C=O) groups excluding carboxylic acids is 1. The SMILES string of the molecule is CCCc1noc(C(C)OC(=O)c2cc(Cl)c(OCC(C)C)c(OC)c2)n1. The molecule has 0 spiro atoms. The molecular formula is C19H25ClN2O5. The third kappa shape index (κ3) is 5.60. The molecule has 2 aromatic rings. The van der Waals surface area contributed by atoms with Crippen molar-refractivity contribution in [1.82, 2.24) is 10.1 Å². The second-order valence-corrected chi connectivity index (χ2v) is 6.95. The van der Waals surface area contributed by atoms with Gasteiger partial charge < -0.3 is 18.7 Å². The molecule has 0 radical (unpaired) electrons. The molecule has 8 heteroatoms. The van der Waals surface area contributed by atoms with Gasteiger partial charge in [-0.25, -0.2) is 4.79 Å². The van der Waals surface area contributed by atoms with Crippen LogP contribution in [0.2, 0.25) is 5.02 Å². The Morgan fingerprint density at radius 1 is 1.30 bits per heavy atom. The maximum absolute atomic E-state index is 12.5. The third-order valence-corrected chi connectivity index (χ3v) is 3.90. The number of ether oxygens (including phenoxy) is 3. The van der Waals surface area contributed by atoms with Crippen LogP contribution in [0.1, 0.15) is 62.3 Å². The Balaban J connectivity index is 2.13. The number of rotatable bonds is 9. The summed E-state index contributed by atoms with van der Waals surface area (Å²) in [5.74, 6) is 1.36. The van der Waals surface area contributed by atoms with E-state index in [-0.39, 0.29) is 16.5 Å². The van der Waals surface area contributed by atoms with Crippen LogP contribution in [-0.4, -0.2) is 29.8 Å². The molecule has 7 nitrogen and oxygen atoms in total. The number of carbonyl (C=O) groups is 1. The summed E-state index contributed by atoms with van der Waals surface area (Å²) in [7, 11) is 1.49. The first-order valence-electron chi connectivity index (χ1n) is 8.89. The van der Waals surface area contributed by atoms with E-state index in [1.54, 1.807) is 6.92 Å². The van der Waals surface area contributed by atoms with Crippen LogP contribution in [0.15, 0.2) is 16.7 Å². The van der Waals surface area contributed by atoms with Gasteiger partial charge in [-0.05, 0) is 31.4 Å². The van der Waals surface area contributed by atoms with E-state index in [9.17, 15) is 4.79 Å². The number of nitrogens with zero attached hydrogens (tertiary/aromatic N) is 2. The lowest BCUT2D eigenvalue weighted by Gasteiger charge is -2.15. The third-order valence-electron chi connectivity index (χ3n) is 3.62. The zero-order chi connectivity index (χ0) is 20.0. The lowest BCUT2D eigenvalue weighted by atomic mass is 10.2. The molecule has 0 aliphatic rings. The van der Waals surface area contributed by atoms with Gasteiger partial charge in [-0.3, -0.25) is 0 Å². The Labute approximate surface area is 163 Å². The van der Waals surface area contributed by atoms with Crippen LogP contribution in [0.4, 0.5) is 0 Å². The first-order valence-corrected chi connectivity index (χ1v) is 9.27. The largest absolute Gasteiger partial charge is 0.493 e. The molecule has 0 fully saturated rings. The molecule has 0 aliphatic heterocycles. The minimum atomic E-state index is -0.683. The Kier molecular flexibility index (Phi) is 7.47. The van der Waals surface area contributed by atoms with Crippen molar-refractivity contribution < 1.29 is 23.5 Å². The topological polar surface area (TPSA) is 83.7 Å². The first kappa shape index (κ1) is 21.0. The fourth-order valence-electron chi connectivity index (χ4n) is 2.26. The minimum absolute atomic E-state index is 0.244. The van der Waals surface area contributed by atoms with E-state index in [1.165, 1.54) is 19.2 Å². The molecule has 0 saturated carbocycles. The second kappa shape index (κ2) is 9.60. The summed E-state index contributed by atoms with van der Waals surface area (Å²) in [5, 5.41) is 4.14. The van der Waals surface area contributed by atoms with Crippen LogP contribution in [0.5, 0.6) is 11.5 Å². The van der Waals surface area contributed by atoms with Crippen LogP contribution in [-0.2, 0) is 11.2 Å². The molecule has 1 aromatic carbocycles. The average Bonchev–Trinajstić information content (AvgIpc) is 3.08. The highest BCUT2D eigenvalue weighted by Crippen LogP contribution is 2.37. The highest BCUT2D eigenvalue weighted by molar-refractivity contribution is 6.32. The quantitative estimate of drug-likeness (QED) is 0.571. The maximum atomic E-state index is 12.5. The van der Waals surface area contributed by atoms with Gasteiger partial charge in [0.25, 0.3) is 5.89 Å². The van der Waals surface area contributed by atoms with Crippen molar-refractivity contribution in [1.29, 1.82) is 0 Å². The average molecular weight is 397 g/mol. The predicted octanol–water partition coefficient (Wildman–Crippen LogP) is 4.64. The van der Waals surface area contributed by atoms with Gasteiger partial charge in [0, 0.05) is 6.42 Å². The van der Waals surface area contributed by atoms with Crippen molar-refractivity contribution in [2.45, 2.75) is 46.6 Å². The van der Waals surface area contributed by atoms with Gasteiger partial charge in [0.05, 0.1) is 24.3 Å². The number of benzene rings is 1. The summed E-state index contributed by atoms with van der Waals surface area (Å²) >= 11 is 6.28. The van der Waals surface area contributed by atoms with Crippen molar-refractivity contribution in [3.8, 4) is 11.5 Å². The molecule has 1 heterocycles. The Hall–Kier alpha value is -2.28. The van der Waals surface area contributed by atoms with Crippen molar-refractivity contribution in [2.75, 3.05) is 13.7 Å². The molecule has 1 atom stereocenters. The number of esters is 1. The van der Waals surface area contributed by atoms with E-state index in [0.717, 1.165) is 6.42 Å². The van der Waals surface area contributed by atoms with Gasteiger partial charge in [0.15, 0.2) is 23.4 Å². The molecule has 0 aliphatic carbocycles. The van der Waals surface area contributed by atoms with Crippen LogP contribution in [0.25, 0.3) is 0 Å². The Morgan fingerprint density at radius 2 is 2.04 bits per heavy atom. The van der Waals surface area contributed by atoms with Crippen LogP contribution >= 0.6 is 11.6 Å². The number of halogens is 1. The molecule has 27 heavy (non-hydrogen) atoms. The zero-order valence-electron chi connectivity index (χ0n) is 16.2. The first-order chi connectivity index (χ1) is 12.8. The predicted molar refractivity (Wildman–Crippen MR) is 100 cm³/mol. The number of methoxy groups -OCH3 is 1. The van der Waals surface area contributed by atoms with Crippen molar-refractivity contribution in [3.05, 3.63) is 34.4 Å². The van der Waals surface area contributed by atoms with E-state index in [0.29, 0.717) is 36.3 Å². The van der Waals surface area contributed by atoms with Crippen LogP contribution in [0, 0.1) is 5.92 Å². The van der Waals surface area contributed by atoms with Gasteiger partial charge in [-0.15, -0.1) is 0 Å². The molecule has 1 unspecified atom stereocenters. The standard InChI is InChI=1S/C19H25ClN2O5/c1-6-7-16-21-18(27-22-16)12(4)26-19(23)13-8-14(20)17(15(9-13)24-5)25-10-11(2)3/h8-9,11-12H,6-7,10H2,1-5H3. The summed E-state index contributed by atoms with van der Waals surface area (Å²) in [5.41, 5.74) is 0.244. The molecule has 0 N–H and O–H groups in total. The van der Waals surface area contributed by atoms with E-state index in [2.05, 4.69) is 10.1 Å². The van der Waals surface area contributed by atoms with Gasteiger partial charge in [-0.1, -0.05) is 37.5 Å². The number of aromatic nitrogens is 2. The summed E-state index contributed by atoms with van der Waals surface area (Å²) in [6, 6.07) is 3.03. The molecule has 148 valence electrons. The molecule has 0 saturated heterocycles. The van der Waals surface area contributed by atoms with Gasteiger partial charge >= 0.3 is 5.97 Å². The lowest BCUT2D eigenvalue weighted by Crippen LogP contribution is -2.11. The smallest absolute Gasteiger partial charge is 0.339 e. The Morgan fingerprint density at radius 3 is 2.67 bits per heavy atom. The lowest BCUT2D eigenvalue weighted by molar-refractivity contribution is 0.0265. The van der Waals surface area contributed by atoms with Gasteiger partial charge in [-0.2, -0.15) is 4.98 Å². The van der Waals surface area contributed by atoms with Crippen molar-refractivity contribution in [3.63, 3.8) is 0 Å². The number of hydrogen-bond donors (Lipinski definition) is 0. The zero-order valence-corrected chi connectivity index (χ0v) is 17.0. The molecule has 2 rings (SSSR count). The number of aryl methyl sites for hydroxylation is 1. The number of hydrogen-bond acceptors (Lipinski definition) is 7. The highest BCUT2D eigenvalue weighted by Gasteiger charge is 2.22. The molecular weight excluding hydrogens is 372 g/mol. The summed E-state index contributed by atoms with van der Waals surface area (Å²) in [6.45, 7) is 8.22. The van der Waals surface area contributed by atoms with Crippen LogP contribution in [0.3, 0.4) is 0 Å². The second-order valence-electron chi connectivity index (χ2n) is 6.54. The molecule has 0 amide bonds. The van der Waals surface area contributed by atoms with Crippen molar-refractivity contribution >= 4 is 17.6 Å². The van der Waals surface area contributed by atoms with E-state index < -0.39 is 12.1 Å². The summed E-state index contributed by atoms with van der Waals surface area (Å²) in [4.78, 5) is 16.7. The summed E-state index contributed by atoms with van der Waals surface area (Å²) < 4.78 is 21.6. The van der Waals surface area contributed by atoms with Gasteiger partial charge in [0.2, 0.25) is 0 Å². The highest BCUT2D eigenvalue weighted by atomic mass is 35.5. The normalized spacial score (nSPS) is 12.1. The van der Waals surface area contributed by atoms with E-state index in [4.69, 9.17) is 30.3 Å². The van der Waals surface area contributed by atoms with Crippen molar-refractivity contribution in [2.24, 2.45) is 5.92 Å². The summed E-state index contributed by atoms with van der Waals surface area (Å²) in [6.07, 6.45) is 0.920. The van der Waals surface area contributed by atoms with E-state index >= 15 is 0 Å². The maximum Gasteiger partial charge on any atom is 0.339 e. The molecule has 1 aromatic heterocycles. The van der Waals surface area contributed by atoms with E-state index in [1.807, 2.05) is 20.8 Å². The van der Waals surface area contributed by atoms with Crippen LogP contribution < -0.4 is 9.47 Å². The molecule has 0 bridgehead atoms. The van der Waals surface area contributed by atoms with Gasteiger partial charge in [0.1, 0.15) is 0 Å². The fourth-order valence-corrected chi connectivity index (χ4v) is 2.53. The Bertz CT molecular complexity index is 775. The monoisotopic (exact) mass is 396 g/mol. The fraction of sp³-hybridized carbons (Fsp3) is 0.526. The minimum Gasteiger partial charge on any atom is -0.493 e.